The summed E-state index contributed by atoms with van der Waals surface area (Å²) in [5.41, 5.74) is 0.147. The van der Waals surface area contributed by atoms with Gasteiger partial charge in [0, 0.05) is 11.3 Å². The van der Waals surface area contributed by atoms with Crippen molar-refractivity contribution in [2.24, 2.45) is 23.2 Å². The Morgan fingerprint density at radius 2 is 1.95 bits per heavy atom. The van der Waals surface area contributed by atoms with Crippen LogP contribution in [0.5, 0.6) is 0 Å². The Morgan fingerprint density at radius 1 is 1.29 bits per heavy atom. The summed E-state index contributed by atoms with van der Waals surface area (Å²) in [6.07, 6.45) is 7.02. The highest BCUT2D eigenvalue weighted by Crippen LogP contribution is 2.71. The van der Waals surface area contributed by atoms with Crippen molar-refractivity contribution in [1.82, 2.24) is 0 Å². The monoisotopic (exact) mass is 308 g/mol. The molecule has 5 atom stereocenters. The van der Waals surface area contributed by atoms with E-state index in [4.69, 9.17) is 9.16 Å². The normalized spacial score (nSPS) is 40.9. The van der Waals surface area contributed by atoms with Crippen LogP contribution in [0, 0.1) is 23.2 Å². The first kappa shape index (κ1) is 15.3. The van der Waals surface area contributed by atoms with E-state index in [0.29, 0.717) is 17.9 Å². The van der Waals surface area contributed by atoms with Crippen LogP contribution in [0.2, 0.25) is 18.1 Å². The van der Waals surface area contributed by atoms with Gasteiger partial charge in [-0.15, -0.1) is 0 Å². The topological polar surface area (TPSA) is 35.5 Å². The van der Waals surface area contributed by atoms with Gasteiger partial charge in [-0.25, -0.2) is 0 Å². The molecule has 3 rings (SSSR count). The fourth-order valence-electron chi connectivity index (χ4n) is 4.39. The summed E-state index contributed by atoms with van der Waals surface area (Å²) in [5, 5.41) is 0.232. The molecule has 21 heavy (non-hydrogen) atoms. The number of hydrogen-bond acceptors (Lipinski definition) is 3. The zero-order chi connectivity index (χ0) is 15.6. The van der Waals surface area contributed by atoms with Crippen molar-refractivity contribution < 1.29 is 14.0 Å². The molecule has 0 aliphatic heterocycles. The average molecular weight is 308 g/mol. The van der Waals surface area contributed by atoms with Gasteiger partial charge >= 0.3 is 5.97 Å². The van der Waals surface area contributed by atoms with Crippen molar-refractivity contribution in [1.29, 1.82) is 0 Å². The first-order valence-electron chi connectivity index (χ1n) is 8.10. The van der Waals surface area contributed by atoms with Crippen molar-refractivity contribution in [3.63, 3.8) is 0 Å². The van der Waals surface area contributed by atoms with Crippen LogP contribution >= 0.6 is 0 Å². The maximum Gasteiger partial charge on any atom is 0.309 e. The Kier molecular flexibility index (Phi) is 3.24. The van der Waals surface area contributed by atoms with Crippen LogP contribution in [0.15, 0.2) is 12.2 Å². The number of carbonyl (C=O) groups is 1. The zero-order valence-electron chi connectivity index (χ0n) is 14.1. The van der Waals surface area contributed by atoms with Crippen LogP contribution in [0.1, 0.15) is 33.6 Å². The summed E-state index contributed by atoms with van der Waals surface area (Å²) in [6, 6.07) is 0. The highest BCUT2D eigenvalue weighted by molar-refractivity contribution is 6.74. The Bertz CT molecular complexity index is 491. The average Bonchev–Trinajstić information content (AvgIpc) is 2.69. The highest BCUT2D eigenvalue weighted by Gasteiger charge is 2.72. The van der Waals surface area contributed by atoms with Gasteiger partial charge in [-0.1, -0.05) is 32.9 Å². The van der Waals surface area contributed by atoms with Gasteiger partial charge in [-0.05, 0) is 36.9 Å². The maximum absolute atomic E-state index is 12.0. The molecule has 2 fully saturated rings. The summed E-state index contributed by atoms with van der Waals surface area (Å²) >= 11 is 0. The minimum atomic E-state index is -1.76. The van der Waals surface area contributed by atoms with Gasteiger partial charge in [-0.3, -0.25) is 4.79 Å². The summed E-state index contributed by atoms with van der Waals surface area (Å²) in [7, 11) is -0.254. The number of hydrogen-bond donors (Lipinski definition) is 0. The molecule has 118 valence electrons. The molecule has 0 radical (unpaired) electrons. The van der Waals surface area contributed by atoms with E-state index in [1.807, 2.05) is 0 Å². The Balaban J connectivity index is 1.78. The first-order chi connectivity index (χ1) is 9.65. The minimum Gasteiger partial charge on any atom is -0.469 e. The predicted octanol–water partition coefficient (Wildman–Crippen LogP) is 3.76. The second-order valence-corrected chi connectivity index (χ2v) is 13.2. The van der Waals surface area contributed by atoms with Gasteiger partial charge in [0.15, 0.2) is 8.32 Å². The smallest absolute Gasteiger partial charge is 0.309 e. The molecule has 1 unspecified atom stereocenters. The molecule has 3 aliphatic carbocycles. The molecule has 2 saturated carbocycles. The van der Waals surface area contributed by atoms with Crippen molar-refractivity contribution in [2.75, 3.05) is 7.11 Å². The van der Waals surface area contributed by atoms with Gasteiger partial charge < -0.3 is 9.16 Å². The molecule has 0 aromatic rings. The van der Waals surface area contributed by atoms with E-state index in [0.717, 1.165) is 12.8 Å². The van der Waals surface area contributed by atoms with E-state index in [-0.39, 0.29) is 22.3 Å². The lowest BCUT2D eigenvalue weighted by Crippen LogP contribution is -2.65. The third-order valence-electron chi connectivity index (χ3n) is 6.65. The Labute approximate surface area is 129 Å². The Morgan fingerprint density at radius 3 is 2.43 bits per heavy atom. The first-order valence-corrected chi connectivity index (χ1v) is 11.0. The van der Waals surface area contributed by atoms with Gasteiger partial charge in [0.25, 0.3) is 0 Å². The molecule has 0 bridgehead atoms. The van der Waals surface area contributed by atoms with Crippen LogP contribution in [0.25, 0.3) is 0 Å². The number of carbonyl (C=O) groups excluding carboxylic acids is 1. The van der Waals surface area contributed by atoms with Crippen LogP contribution < -0.4 is 0 Å². The van der Waals surface area contributed by atoms with Gasteiger partial charge in [0.1, 0.15) is 0 Å². The number of rotatable bonds is 3. The molecule has 0 amide bonds. The second-order valence-electron chi connectivity index (χ2n) is 8.48. The summed E-state index contributed by atoms with van der Waals surface area (Å²) in [6.45, 7) is 11.5. The fraction of sp³-hybridized carbons (Fsp3) is 0.824. The molecular formula is C17H28O3Si. The third-order valence-corrected chi connectivity index (χ3v) is 11.1. The molecule has 0 heterocycles. The largest absolute Gasteiger partial charge is 0.469 e. The molecule has 1 spiro atoms. The van der Waals surface area contributed by atoms with Crippen molar-refractivity contribution in [3.8, 4) is 0 Å². The number of methoxy groups -OCH3 is 1. The van der Waals surface area contributed by atoms with E-state index in [1.165, 1.54) is 7.11 Å². The molecule has 3 aliphatic rings. The molecule has 3 nitrogen and oxygen atoms in total. The number of esters is 1. The van der Waals surface area contributed by atoms with Gasteiger partial charge in [0.05, 0.1) is 19.1 Å². The molecule has 0 aromatic heterocycles. The van der Waals surface area contributed by atoms with Crippen LogP contribution in [0.4, 0.5) is 0 Å². The van der Waals surface area contributed by atoms with E-state index >= 15 is 0 Å². The van der Waals surface area contributed by atoms with Crippen molar-refractivity contribution in [2.45, 2.75) is 57.8 Å². The number of ether oxygens (including phenoxy) is 1. The quantitative estimate of drug-likeness (QED) is 0.452. The van der Waals surface area contributed by atoms with Crippen LogP contribution in [-0.4, -0.2) is 27.5 Å². The van der Waals surface area contributed by atoms with Crippen LogP contribution in [-0.2, 0) is 14.0 Å². The van der Waals surface area contributed by atoms with E-state index < -0.39 is 8.32 Å². The van der Waals surface area contributed by atoms with E-state index in [9.17, 15) is 4.79 Å². The van der Waals surface area contributed by atoms with Crippen LogP contribution in [0.3, 0.4) is 0 Å². The van der Waals surface area contributed by atoms with Gasteiger partial charge in [0.2, 0.25) is 0 Å². The van der Waals surface area contributed by atoms with Crippen molar-refractivity contribution >= 4 is 14.3 Å². The maximum atomic E-state index is 12.0. The molecule has 0 saturated heterocycles. The third kappa shape index (κ3) is 1.84. The molecule has 4 heteroatoms. The molecule has 0 aromatic carbocycles. The molecular weight excluding hydrogens is 280 g/mol. The lowest BCUT2D eigenvalue weighted by atomic mass is 9.42. The summed E-state index contributed by atoms with van der Waals surface area (Å²) < 4.78 is 11.7. The fourth-order valence-corrected chi connectivity index (χ4v) is 5.77. The standard InChI is InChI=1S/C17H28O3Si/c1-16(2,3)21(5,6)20-13-8-7-11-14(15(18)19-4)12-9-10-17(11,12)13/h9-14H,7-8H2,1-6H3/t11-,12-,13+,14-,17?/m0/s1. The lowest BCUT2D eigenvalue weighted by molar-refractivity contribution is -0.175. The van der Waals surface area contributed by atoms with E-state index in [2.05, 4.69) is 46.0 Å². The summed E-state index contributed by atoms with van der Waals surface area (Å²) in [4.78, 5) is 12.0. The SMILES string of the molecule is COC(=O)[C@@H]1[C@@H]2C=CC23[C@H](O[Si](C)(C)C(C)(C)C)CC[C@@H]13. The second kappa shape index (κ2) is 4.45. The van der Waals surface area contributed by atoms with Gasteiger partial charge in [-0.2, -0.15) is 0 Å². The summed E-state index contributed by atoms with van der Waals surface area (Å²) in [5.74, 6) is 0.841. The zero-order valence-corrected chi connectivity index (χ0v) is 15.1. The predicted molar refractivity (Wildman–Crippen MR) is 85.4 cm³/mol. The lowest BCUT2D eigenvalue weighted by Gasteiger charge is -2.63. The Hall–Kier alpha value is -0.613. The minimum absolute atomic E-state index is 0.0297. The molecule has 0 N–H and O–H groups in total. The highest BCUT2D eigenvalue weighted by atomic mass is 28.4. The van der Waals surface area contributed by atoms with E-state index in [1.54, 1.807) is 0 Å². The number of allylic oxidation sites excluding steroid dienone is 1. The van der Waals surface area contributed by atoms with Crippen molar-refractivity contribution in [3.05, 3.63) is 12.2 Å².